The van der Waals surface area contributed by atoms with Gasteiger partial charge in [-0.15, -0.1) is 0 Å². The molecule has 0 spiro atoms. The minimum Gasteiger partial charge on any atom is -0.494 e. The second-order valence-corrected chi connectivity index (χ2v) is 10.7. The Bertz CT molecular complexity index is 1180. The van der Waals surface area contributed by atoms with Crippen molar-refractivity contribution in [3.63, 3.8) is 0 Å². The number of imide groups is 1. The molecule has 9 nitrogen and oxygen atoms in total. The average molecular weight is 488 g/mol. The molecule has 0 aliphatic carbocycles. The van der Waals surface area contributed by atoms with Crippen LogP contribution < -0.4 is 15.0 Å². The Morgan fingerprint density at radius 1 is 1.09 bits per heavy atom. The van der Waals surface area contributed by atoms with E-state index < -0.39 is 33.4 Å². The molecular formula is C24H29N3O6S. The van der Waals surface area contributed by atoms with Crippen molar-refractivity contribution in [2.45, 2.75) is 57.5 Å². The molecule has 1 N–H and O–H groups in total. The van der Waals surface area contributed by atoms with E-state index in [2.05, 4.69) is 5.32 Å². The minimum absolute atomic E-state index is 0.0451. The highest BCUT2D eigenvalue weighted by atomic mass is 32.2. The summed E-state index contributed by atoms with van der Waals surface area (Å²) in [4.78, 5) is 38.5. The Morgan fingerprint density at radius 3 is 2.18 bits per heavy atom. The van der Waals surface area contributed by atoms with Crippen molar-refractivity contribution in [2.75, 3.05) is 16.8 Å². The van der Waals surface area contributed by atoms with E-state index in [1.807, 2.05) is 6.92 Å². The third-order valence-electron chi connectivity index (χ3n) is 5.20. The third-order valence-corrected chi connectivity index (χ3v) is 7.39. The summed E-state index contributed by atoms with van der Waals surface area (Å²) in [6.07, 6.45) is -0.271. The standard InChI is InChI=1S/C24H29N3O6S/c1-6-33-19-11-9-18(10-12-19)26-22(29)15-21(23(26)30)27(24(3,4)5)34(31,32)20-13-7-17(8-14-20)25-16(2)28/h7-14,21H,6,15H2,1-5H3,(H,25,28). The van der Waals surface area contributed by atoms with Gasteiger partial charge in [0.25, 0.3) is 5.91 Å². The van der Waals surface area contributed by atoms with E-state index >= 15 is 0 Å². The van der Waals surface area contributed by atoms with Crippen LogP contribution in [-0.2, 0) is 24.4 Å². The monoisotopic (exact) mass is 487 g/mol. The number of ether oxygens (including phenoxy) is 1. The van der Waals surface area contributed by atoms with E-state index in [1.165, 1.54) is 31.2 Å². The van der Waals surface area contributed by atoms with Crippen LogP contribution in [0.2, 0.25) is 0 Å². The van der Waals surface area contributed by atoms with Crippen LogP contribution in [0.5, 0.6) is 5.75 Å². The Morgan fingerprint density at radius 2 is 1.68 bits per heavy atom. The number of hydrogen-bond donors (Lipinski definition) is 1. The fourth-order valence-electron chi connectivity index (χ4n) is 3.95. The highest BCUT2D eigenvalue weighted by Crippen LogP contribution is 2.35. The summed E-state index contributed by atoms with van der Waals surface area (Å²) >= 11 is 0. The Kier molecular flexibility index (Phi) is 7.13. The van der Waals surface area contributed by atoms with E-state index in [9.17, 15) is 22.8 Å². The van der Waals surface area contributed by atoms with Crippen molar-refractivity contribution in [3.05, 3.63) is 48.5 Å². The minimum atomic E-state index is -4.16. The van der Waals surface area contributed by atoms with Gasteiger partial charge in [0.1, 0.15) is 11.8 Å². The number of sulfonamides is 1. The largest absolute Gasteiger partial charge is 0.494 e. The van der Waals surface area contributed by atoms with Crippen molar-refractivity contribution in [3.8, 4) is 5.75 Å². The lowest BCUT2D eigenvalue weighted by atomic mass is 10.1. The van der Waals surface area contributed by atoms with Crippen molar-refractivity contribution in [1.82, 2.24) is 4.31 Å². The molecule has 34 heavy (non-hydrogen) atoms. The number of anilines is 2. The summed E-state index contributed by atoms with van der Waals surface area (Å²) in [5, 5.41) is 2.58. The van der Waals surface area contributed by atoms with Gasteiger partial charge in [-0.2, -0.15) is 4.31 Å². The molecule has 1 unspecified atom stereocenters. The number of carbonyl (C=O) groups excluding carboxylic acids is 3. The number of rotatable bonds is 7. The lowest BCUT2D eigenvalue weighted by Gasteiger charge is -2.37. The highest BCUT2D eigenvalue weighted by Gasteiger charge is 2.50. The molecule has 3 amide bonds. The summed E-state index contributed by atoms with van der Waals surface area (Å²) in [6, 6.07) is 11.0. The Hall–Kier alpha value is -3.24. The van der Waals surface area contributed by atoms with Crippen molar-refractivity contribution >= 4 is 39.1 Å². The molecule has 1 atom stereocenters. The van der Waals surface area contributed by atoms with Crippen LogP contribution in [0.1, 0.15) is 41.0 Å². The van der Waals surface area contributed by atoms with E-state index in [0.29, 0.717) is 23.7 Å². The summed E-state index contributed by atoms with van der Waals surface area (Å²) in [5.41, 5.74) is -0.195. The van der Waals surface area contributed by atoms with Crippen LogP contribution in [0.15, 0.2) is 53.4 Å². The maximum atomic E-state index is 13.7. The molecule has 2 aromatic rings. The number of hydrogen-bond acceptors (Lipinski definition) is 6. The lowest BCUT2D eigenvalue weighted by molar-refractivity contribution is -0.122. The van der Waals surface area contributed by atoms with Crippen LogP contribution >= 0.6 is 0 Å². The number of benzene rings is 2. The number of nitrogens with zero attached hydrogens (tertiary/aromatic N) is 2. The first-order valence-electron chi connectivity index (χ1n) is 10.9. The van der Waals surface area contributed by atoms with Crippen LogP contribution in [-0.4, -0.2) is 48.6 Å². The predicted octanol–water partition coefficient (Wildman–Crippen LogP) is 3.17. The summed E-state index contributed by atoms with van der Waals surface area (Å²) < 4.78 is 33.8. The van der Waals surface area contributed by atoms with Gasteiger partial charge in [-0.05, 0) is 76.2 Å². The van der Waals surface area contributed by atoms with Crippen molar-refractivity contribution in [2.24, 2.45) is 0 Å². The van der Waals surface area contributed by atoms with Crippen LogP contribution in [0.25, 0.3) is 0 Å². The maximum absolute atomic E-state index is 13.7. The van der Waals surface area contributed by atoms with Crippen LogP contribution in [0.3, 0.4) is 0 Å². The van der Waals surface area contributed by atoms with Crippen molar-refractivity contribution < 1.29 is 27.5 Å². The van der Waals surface area contributed by atoms with Gasteiger partial charge in [0.05, 0.1) is 23.6 Å². The molecule has 182 valence electrons. The maximum Gasteiger partial charge on any atom is 0.252 e. The molecule has 3 rings (SSSR count). The molecule has 1 saturated heterocycles. The number of carbonyl (C=O) groups is 3. The molecule has 1 aliphatic rings. The molecule has 1 heterocycles. The van der Waals surface area contributed by atoms with Gasteiger partial charge >= 0.3 is 0 Å². The summed E-state index contributed by atoms with van der Waals surface area (Å²) in [6.45, 7) is 8.70. The van der Waals surface area contributed by atoms with Gasteiger partial charge in [-0.3, -0.25) is 14.4 Å². The molecule has 0 saturated carbocycles. The van der Waals surface area contributed by atoms with E-state index in [0.717, 1.165) is 9.21 Å². The zero-order valence-corrected chi connectivity index (χ0v) is 20.7. The lowest BCUT2D eigenvalue weighted by Crippen LogP contribution is -2.54. The molecule has 0 bridgehead atoms. The van der Waals surface area contributed by atoms with Gasteiger partial charge < -0.3 is 10.1 Å². The molecule has 1 fully saturated rings. The zero-order valence-electron chi connectivity index (χ0n) is 19.9. The van der Waals surface area contributed by atoms with Gasteiger partial charge in [-0.25, -0.2) is 13.3 Å². The van der Waals surface area contributed by atoms with E-state index in [1.54, 1.807) is 45.0 Å². The predicted molar refractivity (Wildman–Crippen MR) is 128 cm³/mol. The Labute approximate surface area is 199 Å². The first-order valence-corrected chi connectivity index (χ1v) is 12.3. The summed E-state index contributed by atoms with van der Waals surface area (Å²) in [7, 11) is -4.16. The normalized spacial score (nSPS) is 16.8. The topological polar surface area (TPSA) is 113 Å². The Balaban J connectivity index is 1.96. The fraction of sp³-hybridized carbons (Fsp3) is 0.375. The van der Waals surface area contributed by atoms with Gasteiger partial charge in [0, 0.05) is 18.2 Å². The first kappa shape index (κ1) is 25.4. The van der Waals surface area contributed by atoms with Gasteiger partial charge in [0.15, 0.2) is 0 Å². The second kappa shape index (κ2) is 9.55. The molecule has 0 radical (unpaired) electrons. The van der Waals surface area contributed by atoms with Crippen molar-refractivity contribution in [1.29, 1.82) is 0 Å². The van der Waals surface area contributed by atoms with E-state index in [-0.39, 0.29) is 17.2 Å². The molecular weight excluding hydrogens is 458 g/mol. The highest BCUT2D eigenvalue weighted by molar-refractivity contribution is 7.89. The van der Waals surface area contributed by atoms with Crippen LogP contribution in [0, 0.1) is 0 Å². The number of amides is 3. The molecule has 1 aliphatic heterocycles. The first-order chi connectivity index (χ1) is 15.9. The number of nitrogens with one attached hydrogen (secondary N) is 1. The smallest absolute Gasteiger partial charge is 0.252 e. The molecule has 2 aromatic carbocycles. The zero-order chi connectivity index (χ0) is 25.3. The average Bonchev–Trinajstić information content (AvgIpc) is 3.01. The van der Waals surface area contributed by atoms with Gasteiger partial charge in [-0.1, -0.05) is 0 Å². The molecule has 0 aromatic heterocycles. The van der Waals surface area contributed by atoms with Gasteiger partial charge in [0.2, 0.25) is 21.8 Å². The third kappa shape index (κ3) is 5.13. The quantitative estimate of drug-likeness (QED) is 0.600. The van der Waals surface area contributed by atoms with E-state index in [4.69, 9.17) is 4.74 Å². The SMILES string of the molecule is CCOc1ccc(N2C(=O)CC(N(C(C)(C)C)S(=O)(=O)c3ccc(NC(C)=O)cc3)C2=O)cc1. The molecule has 10 heteroatoms. The fourth-order valence-corrected chi connectivity index (χ4v) is 5.88. The second-order valence-electron chi connectivity index (χ2n) is 8.89. The summed E-state index contributed by atoms with van der Waals surface area (Å²) in [5.74, 6) is -0.771. The van der Waals surface area contributed by atoms with Crippen LogP contribution in [0.4, 0.5) is 11.4 Å².